The Morgan fingerprint density at radius 1 is 0.963 bits per heavy atom. The molecule has 7 heteroatoms. The van der Waals surface area contributed by atoms with Gasteiger partial charge in [-0.2, -0.15) is 0 Å². The smallest absolute Gasteiger partial charge is 0.258 e. The number of hydrogen-bond acceptors (Lipinski definition) is 5. The Hall–Kier alpha value is -2.25. The molecule has 0 aromatic carbocycles. The van der Waals surface area contributed by atoms with Gasteiger partial charge in [0.1, 0.15) is 5.65 Å². The number of nitrogens with zero attached hydrogens (tertiary/aromatic N) is 5. The van der Waals surface area contributed by atoms with E-state index in [-0.39, 0.29) is 11.5 Å². The summed E-state index contributed by atoms with van der Waals surface area (Å²) in [6.07, 6.45) is 5.26. The van der Waals surface area contributed by atoms with E-state index in [1.54, 1.807) is 16.7 Å². The third-order valence-electron chi connectivity index (χ3n) is 5.54. The maximum Gasteiger partial charge on any atom is 0.258 e. The van der Waals surface area contributed by atoms with Crippen molar-refractivity contribution in [2.45, 2.75) is 25.8 Å². The average molecular weight is 369 g/mol. The molecule has 2 aromatic rings. The molecular formula is C20H27N5O2. The van der Waals surface area contributed by atoms with Gasteiger partial charge in [-0.1, -0.05) is 6.07 Å². The van der Waals surface area contributed by atoms with Crippen LogP contribution in [0.25, 0.3) is 5.65 Å². The molecule has 0 spiro atoms. The molecule has 2 fully saturated rings. The van der Waals surface area contributed by atoms with Gasteiger partial charge in [0.2, 0.25) is 5.91 Å². The van der Waals surface area contributed by atoms with Gasteiger partial charge in [-0.3, -0.25) is 23.8 Å². The molecule has 4 rings (SSSR count). The van der Waals surface area contributed by atoms with E-state index >= 15 is 0 Å². The largest absolute Gasteiger partial charge is 0.342 e. The van der Waals surface area contributed by atoms with Gasteiger partial charge < -0.3 is 4.90 Å². The monoisotopic (exact) mass is 369 g/mol. The molecule has 144 valence electrons. The summed E-state index contributed by atoms with van der Waals surface area (Å²) in [6, 6.07) is 7.21. The Bertz CT molecular complexity index is 851. The minimum atomic E-state index is -0.0404. The molecule has 7 nitrogen and oxygen atoms in total. The second kappa shape index (κ2) is 8.19. The average Bonchev–Trinajstić information content (AvgIpc) is 2.70. The van der Waals surface area contributed by atoms with E-state index in [9.17, 15) is 9.59 Å². The summed E-state index contributed by atoms with van der Waals surface area (Å²) in [5.41, 5.74) is 1.45. The van der Waals surface area contributed by atoms with E-state index in [0.717, 1.165) is 57.8 Å². The molecule has 0 unspecified atom stereocenters. The number of piperazine rings is 1. The van der Waals surface area contributed by atoms with E-state index in [2.05, 4.69) is 14.8 Å². The quantitative estimate of drug-likeness (QED) is 0.799. The van der Waals surface area contributed by atoms with E-state index in [4.69, 9.17) is 0 Å². The van der Waals surface area contributed by atoms with Gasteiger partial charge in [0.15, 0.2) is 0 Å². The highest BCUT2D eigenvalue weighted by atomic mass is 16.2. The molecule has 2 aliphatic heterocycles. The Labute approximate surface area is 159 Å². The van der Waals surface area contributed by atoms with E-state index < -0.39 is 0 Å². The maximum absolute atomic E-state index is 12.4. The number of rotatable bonds is 4. The summed E-state index contributed by atoms with van der Waals surface area (Å²) in [4.78, 5) is 35.8. The first-order valence-corrected chi connectivity index (χ1v) is 9.89. The molecule has 2 aromatic heterocycles. The lowest BCUT2D eigenvalue weighted by atomic mass is 10.1. The Morgan fingerprint density at radius 3 is 2.48 bits per heavy atom. The van der Waals surface area contributed by atoms with Crippen molar-refractivity contribution in [1.29, 1.82) is 0 Å². The van der Waals surface area contributed by atoms with Gasteiger partial charge in [0, 0.05) is 58.1 Å². The molecule has 2 aliphatic rings. The molecule has 2 saturated heterocycles. The van der Waals surface area contributed by atoms with Gasteiger partial charge in [0.05, 0.1) is 12.2 Å². The molecule has 0 radical (unpaired) electrons. The third-order valence-corrected chi connectivity index (χ3v) is 5.54. The van der Waals surface area contributed by atoms with Crippen molar-refractivity contribution < 1.29 is 4.79 Å². The zero-order chi connectivity index (χ0) is 18.6. The SMILES string of the molecule is O=C(CN1CCN(Cc2cc(=O)n3ccccc3n2)CC1)N1CCCCC1. The van der Waals surface area contributed by atoms with Crippen LogP contribution in [0.5, 0.6) is 0 Å². The fraction of sp³-hybridized carbons (Fsp3) is 0.550. The van der Waals surface area contributed by atoms with Crippen molar-refractivity contribution in [2.75, 3.05) is 45.8 Å². The van der Waals surface area contributed by atoms with E-state index in [0.29, 0.717) is 18.7 Å². The number of piperidine rings is 1. The molecule has 0 bridgehead atoms. The second-order valence-electron chi connectivity index (χ2n) is 7.51. The zero-order valence-corrected chi connectivity index (χ0v) is 15.7. The van der Waals surface area contributed by atoms with Crippen molar-refractivity contribution in [1.82, 2.24) is 24.1 Å². The topological polar surface area (TPSA) is 61.2 Å². The van der Waals surface area contributed by atoms with Crippen LogP contribution in [0.2, 0.25) is 0 Å². The van der Waals surface area contributed by atoms with Crippen LogP contribution in [0.15, 0.2) is 35.3 Å². The number of amides is 1. The Kier molecular flexibility index (Phi) is 5.50. The Morgan fingerprint density at radius 2 is 1.70 bits per heavy atom. The van der Waals surface area contributed by atoms with Crippen molar-refractivity contribution >= 4 is 11.6 Å². The summed E-state index contributed by atoms with van der Waals surface area (Å²) in [5.74, 6) is 0.271. The highest BCUT2D eigenvalue weighted by Gasteiger charge is 2.23. The fourth-order valence-corrected chi connectivity index (χ4v) is 3.95. The Balaban J connectivity index is 1.30. The standard InChI is InChI=1S/C20H27N5O2/c26-19-14-17(21-18-6-2-5-9-25(18)19)15-22-10-12-23(13-11-22)16-20(27)24-7-3-1-4-8-24/h2,5-6,9,14H,1,3-4,7-8,10-13,15-16H2. The number of fused-ring (bicyclic) bond motifs is 1. The van der Waals surface area contributed by atoms with Crippen molar-refractivity contribution in [3.05, 3.63) is 46.5 Å². The summed E-state index contributed by atoms with van der Waals surface area (Å²) < 4.78 is 1.56. The van der Waals surface area contributed by atoms with Gasteiger partial charge in [-0.15, -0.1) is 0 Å². The van der Waals surface area contributed by atoms with Gasteiger partial charge in [-0.05, 0) is 31.4 Å². The highest BCUT2D eigenvalue weighted by Crippen LogP contribution is 2.11. The first-order valence-electron chi connectivity index (χ1n) is 9.89. The number of aromatic nitrogens is 2. The number of likely N-dealkylation sites (tertiary alicyclic amines) is 1. The highest BCUT2D eigenvalue weighted by molar-refractivity contribution is 5.78. The molecule has 0 N–H and O–H groups in total. The van der Waals surface area contributed by atoms with Crippen LogP contribution in [-0.4, -0.2) is 75.8 Å². The summed E-state index contributed by atoms with van der Waals surface area (Å²) >= 11 is 0. The normalized spacial score (nSPS) is 19.5. The lowest BCUT2D eigenvalue weighted by molar-refractivity contribution is -0.133. The molecule has 4 heterocycles. The second-order valence-corrected chi connectivity index (χ2v) is 7.51. The summed E-state index contributed by atoms with van der Waals surface area (Å²) in [7, 11) is 0. The minimum Gasteiger partial charge on any atom is -0.342 e. The van der Waals surface area contributed by atoms with E-state index in [1.165, 1.54) is 6.42 Å². The molecule has 27 heavy (non-hydrogen) atoms. The molecule has 1 amide bonds. The van der Waals surface area contributed by atoms with Crippen LogP contribution in [0, 0.1) is 0 Å². The van der Waals surface area contributed by atoms with Gasteiger partial charge in [0.25, 0.3) is 5.56 Å². The molecule has 0 aliphatic carbocycles. The minimum absolute atomic E-state index is 0.0404. The fourth-order valence-electron chi connectivity index (χ4n) is 3.95. The lowest BCUT2D eigenvalue weighted by Gasteiger charge is -2.35. The van der Waals surface area contributed by atoms with Gasteiger partial charge >= 0.3 is 0 Å². The van der Waals surface area contributed by atoms with Crippen LogP contribution in [0.4, 0.5) is 0 Å². The van der Waals surface area contributed by atoms with Crippen LogP contribution in [0.1, 0.15) is 25.0 Å². The third kappa shape index (κ3) is 4.36. The number of hydrogen-bond donors (Lipinski definition) is 0. The number of carbonyl (C=O) groups is 1. The zero-order valence-electron chi connectivity index (χ0n) is 15.7. The summed E-state index contributed by atoms with van der Waals surface area (Å²) in [6.45, 7) is 6.59. The van der Waals surface area contributed by atoms with Crippen LogP contribution < -0.4 is 5.56 Å². The molecule has 0 saturated carbocycles. The molecule has 0 atom stereocenters. The van der Waals surface area contributed by atoms with Gasteiger partial charge in [-0.25, -0.2) is 4.98 Å². The predicted octanol–water partition coefficient (Wildman–Crippen LogP) is 0.825. The summed E-state index contributed by atoms with van der Waals surface area (Å²) in [5, 5.41) is 0. The number of pyridine rings is 1. The first kappa shape index (κ1) is 18.1. The molecular weight excluding hydrogens is 342 g/mol. The lowest BCUT2D eigenvalue weighted by Crippen LogP contribution is -2.50. The van der Waals surface area contributed by atoms with Crippen LogP contribution in [0.3, 0.4) is 0 Å². The van der Waals surface area contributed by atoms with Crippen LogP contribution in [-0.2, 0) is 11.3 Å². The van der Waals surface area contributed by atoms with Crippen molar-refractivity contribution in [3.63, 3.8) is 0 Å². The van der Waals surface area contributed by atoms with Crippen molar-refractivity contribution in [2.24, 2.45) is 0 Å². The van der Waals surface area contributed by atoms with Crippen molar-refractivity contribution in [3.8, 4) is 0 Å². The predicted molar refractivity (Wildman–Crippen MR) is 104 cm³/mol. The first-order chi connectivity index (χ1) is 13.2. The number of carbonyl (C=O) groups excluding carboxylic acids is 1. The van der Waals surface area contributed by atoms with E-state index in [1.807, 2.05) is 23.1 Å². The maximum atomic E-state index is 12.4. The van der Waals surface area contributed by atoms with Crippen LogP contribution >= 0.6 is 0 Å².